The molecular formula is C32H40N2O4. The van der Waals surface area contributed by atoms with Crippen LogP contribution in [0.5, 0.6) is 11.5 Å². The number of hydrogen-bond acceptors (Lipinski definition) is 4. The van der Waals surface area contributed by atoms with Crippen LogP contribution in [0.2, 0.25) is 0 Å². The zero-order valence-corrected chi connectivity index (χ0v) is 23.0. The van der Waals surface area contributed by atoms with Crippen molar-refractivity contribution in [1.29, 1.82) is 0 Å². The van der Waals surface area contributed by atoms with Crippen molar-refractivity contribution in [1.82, 2.24) is 4.57 Å². The average molecular weight is 517 g/mol. The Morgan fingerprint density at radius 2 is 1.79 bits per heavy atom. The summed E-state index contributed by atoms with van der Waals surface area (Å²) in [6, 6.07) is 14.3. The minimum Gasteiger partial charge on any atom is -0.500 e. The largest absolute Gasteiger partial charge is 0.500 e. The lowest BCUT2D eigenvalue weighted by Gasteiger charge is -2.17. The fourth-order valence-corrected chi connectivity index (χ4v) is 4.30. The van der Waals surface area contributed by atoms with Gasteiger partial charge in [-0.1, -0.05) is 61.6 Å². The van der Waals surface area contributed by atoms with Crippen molar-refractivity contribution in [2.45, 2.75) is 72.8 Å². The molecule has 38 heavy (non-hydrogen) atoms. The van der Waals surface area contributed by atoms with Crippen LogP contribution in [0, 0.1) is 0 Å². The predicted molar refractivity (Wildman–Crippen MR) is 156 cm³/mol. The zero-order chi connectivity index (χ0) is 27.5. The van der Waals surface area contributed by atoms with Crippen LogP contribution in [0.25, 0.3) is 10.9 Å². The van der Waals surface area contributed by atoms with E-state index in [1.807, 2.05) is 24.3 Å². The van der Waals surface area contributed by atoms with Gasteiger partial charge in [-0.2, -0.15) is 0 Å². The summed E-state index contributed by atoms with van der Waals surface area (Å²) in [4.78, 5) is 26.0. The number of aromatic hydroxyl groups is 1. The van der Waals surface area contributed by atoms with Crippen LogP contribution in [0.1, 0.15) is 76.6 Å². The summed E-state index contributed by atoms with van der Waals surface area (Å²) in [5.74, 6) is -0.445. The molecule has 6 nitrogen and oxygen atoms in total. The Balaban J connectivity index is 1.93. The first-order valence-corrected chi connectivity index (χ1v) is 13.5. The second-order valence-corrected chi connectivity index (χ2v) is 9.93. The van der Waals surface area contributed by atoms with Crippen LogP contribution >= 0.6 is 0 Å². The minimum absolute atomic E-state index is 0.170. The molecule has 0 fully saturated rings. The highest BCUT2D eigenvalue weighted by molar-refractivity contribution is 6.05. The highest BCUT2D eigenvalue weighted by Crippen LogP contribution is 2.34. The summed E-state index contributed by atoms with van der Waals surface area (Å²) in [6.45, 7) is 9.08. The Bertz CT molecular complexity index is 1350. The summed E-state index contributed by atoms with van der Waals surface area (Å²) in [5, 5.41) is 14.4. The molecule has 0 bridgehead atoms. The highest BCUT2D eigenvalue weighted by atomic mass is 16.5. The topological polar surface area (TPSA) is 80.6 Å². The lowest BCUT2D eigenvalue weighted by molar-refractivity contribution is 0.102. The number of benzene rings is 2. The predicted octanol–water partition coefficient (Wildman–Crippen LogP) is 7.61. The number of aromatic nitrogens is 1. The Morgan fingerprint density at radius 3 is 2.50 bits per heavy atom. The molecule has 1 heterocycles. The second kappa shape index (κ2) is 14.2. The number of rotatable bonds is 13. The molecule has 1 aromatic heterocycles. The average Bonchev–Trinajstić information content (AvgIpc) is 2.90. The standard InChI is InChI=1S/C32H40N2O4/c1-5-6-7-11-20-34-28-22-26(33-31(36)25-15-9-8-10-16-25)17-18-27(28)30(29(35)32(34)37)38-21-19-24(4)14-12-13-23(2)3/h8-10,13,15-19,22,35H,5-7,11-12,14,20-21H2,1-4H3,(H,33,36). The Labute approximate surface area is 225 Å². The Morgan fingerprint density at radius 1 is 1.03 bits per heavy atom. The van der Waals surface area contributed by atoms with Gasteiger partial charge < -0.3 is 19.7 Å². The monoisotopic (exact) mass is 516 g/mol. The molecule has 2 N–H and O–H groups in total. The van der Waals surface area contributed by atoms with E-state index in [-0.39, 0.29) is 24.0 Å². The molecule has 0 saturated heterocycles. The number of allylic oxidation sites excluding steroid dienone is 3. The third-order valence-electron chi connectivity index (χ3n) is 6.48. The fraction of sp³-hybridized carbons (Fsp3) is 0.375. The molecule has 3 aromatic rings. The van der Waals surface area contributed by atoms with Gasteiger partial charge in [-0.25, -0.2) is 0 Å². The molecule has 0 aliphatic rings. The maximum absolute atomic E-state index is 13.2. The zero-order valence-electron chi connectivity index (χ0n) is 23.0. The first-order chi connectivity index (χ1) is 18.3. The molecule has 202 valence electrons. The van der Waals surface area contributed by atoms with Gasteiger partial charge in [0.05, 0.1) is 5.52 Å². The molecule has 0 saturated carbocycles. The van der Waals surface area contributed by atoms with E-state index in [9.17, 15) is 14.7 Å². The van der Waals surface area contributed by atoms with Crippen LogP contribution in [0.15, 0.2) is 76.6 Å². The van der Waals surface area contributed by atoms with E-state index in [4.69, 9.17) is 4.74 Å². The summed E-state index contributed by atoms with van der Waals surface area (Å²) in [7, 11) is 0. The summed E-state index contributed by atoms with van der Waals surface area (Å²) >= 11 is 0. The van der Waals surface area contributed by atoms with Crippen molar-refractivity contribution in [2.24, 2.45) is 0 Å². The number of amides is 1. The van der Waals surface area contributed by atoms with Crippen LogP contribution < -0.4 is 15.6 Å². The van der Waals surface area contributed by atoms with Crippen molar-refractivity contribution in [3.63, 3.8) is 0 Å². The second-order valence-electron chi connectivity index (χ2n) is 9.93. The van der Waals surface area contributed by atoms with Gasteiger partial charge in [0.1, 0.15) is 6.61 Å². The van der Waals surface area contributed by atoms with E-state index < -0.39 is 5.56 Å². The molecule has 0 aliphatic heterocycles. The van der Waals surface area contributed by atoms with E-state index >= 15 is 0 Å². The summed E-state index contributed by atoms with van der Waals surface area (Å²) < 4.78 is 7.56. The van der Waals surface area contributed by atoms with Gasteiger partial charge in [-0.3, -0.25) is 9.59 Å². The van der Waals surface area contributed by atoms with Crippen LogP contribution in [-0.2, 0) is 6.54 Å². The van der Waals surface area contributed by atoms with Crippen molar-refractivity contribution in [3.05, 3.63) is 87.7 Å². The number of unbranched alkanes of at least 4 members (excludes halogenated alkanes) is 3. The molecule has 2 aromatic carbocycles. The van der Waals surface area contributed by atoms with E-state index in [0.29, 0.717) is 28.7 Å². The van der Waals surface area contributed by atoms with Crippen LogP contribution in [-0.4, -0.2) is 22.2 Å². The smallest absolute Gasteiger partial charge is 0.297 e. The molecule has 0 unspecified atom stereocenters. The number of hydrogen-bond donors (Lipinski definition) is 2. The van der Waals surface area contributed by atoms with Gasteiger partial charge in [0.25, 0.3) is 11.5 Å². The molecule has 6 heteroatoms. The SMILES string of the molecule is CCCCCCn1c(=O)c(O)c(OCC=C(C)CCC=C(C)C)c2ccc(NC(=O)c3ccccc3)cc21. The normalized spacial score (nSPS) is 11.4. The molecule has 0 spiro atoms. The summed E-state index contributed by atoms with van der Waals surface area (Å²) in [5.41, 5.74) is 3.72. The first kappa shape index (κ1) is 28.8. The van der Waals surface area contributed by atoms with Gasteiger partial charge in [0.2, 0.25) is 5.75 Å². The van der Waals surface area contributed by atoms with E-state index in [0.717, 1.165) is 38.5 Å². The number of anilines is 1. The number of pyridine rings is 1. The van der Waals surface area contributed by atoms with Crippen LogP contribution in [0.4, 0.5) is 5.69 Å². The van der Waals surface area contributed by atoms with Crippen LogP contribution in [0.3, 0.4) is 0 Å². The molecule has 0 radical (unpaired) electrons. The lowest BCUT2D eigenvalue weighted by atomic mass is 10.1. The number of fused-ring (bicyclic) bond motifs is 1. The third-order valence-corrected chi connectivity index (χ3v) is 6.48. The number of carbonyl (C=O) groups is 1. The molecule has 0 atom stereocenters. The maximum atomic E-state index is 13.2. The fourth-order valence-electron chi connectivity index (χ4n) is 4.30. The Kier molecular flexibility index (Phi) is 10.8. The summed E-state index contributed by atoms with van der Waals surface area (Å²) in [6.07, 6.45) is 10.0. The minimum atomic E-state index is -0.486. The number of nitrogens with zero attached hydrogens (tertiary/aromatic N) is 1. The number of aryl methyl sites for hydroxylation is 1. The van der Waals surface area contributed by atoms with E-state index in [1.54, 1.807) is 34.9 Å². The molecule has 1 amide bonds. The molecule has 0 aliphatic carbocycles. The van der Waals surface area contributed by atoms with Crippen molar-refractivity contribution in [2.75, 3.05) is 11.9 Å². The van der Waals surface area contributed by atoms with Crippen molar-refractivity contribution in [3.8, 4) is 11.5 Å². The van der Waals surface area contributed by atoms with Gasteiger partial charge in [0, 0.05) is 23.2 Å². The van der Waals surface area contributed by atoms with Gasteiger partial charge in [-0.05, 0) is 76.4 Å². The van der Waals surface area contributed by atoms with Gasteiger partial charge in [-0.15, -0.1) is 0 Å². The van der Waals surface area contributed by atoms with E-state index in [2.05, 4.69) is 39.1 Å². The lowest BCUT2D eigenvalue weighted by Crippen LogP contribution is -2.22. The van der Waals surface area contributed by atoms with Gasteiger partial charge in [0.15, 0.2) is 5.75 Å². The maximum Gasteiger partial charge on any atom is 0.297 e. The number of nitrogens with one attached hydrogen (secondary N) is 1. The first-order valence-electron chi connectivity index (χ1n) is 13.5. The quantitative estimate of drug-likeness (QED) is 0.181. The number of ether oxygens (including phenoxy) is 1. The molecular weight excluding hydrogens is 476 g/mol. The van der Waals surface area contributed by atoms with Crippen molar-refractivity contribution >= 4 is 22.5 Å². The van der Waals surface area contributed by atoms with E-state index in [1.165, 1.54) is 11.1 Å². The Hall–Kier alpha value is -3.80. The highest BCUT2D eigenvalue weighted by Gasteiger charge is 2.18. The molecule has 3 rings (SSSR count). The van der Waals surface area contributed by atoms with Crippen molar-refractivity contribution < 1.29 is 14.6 Å². The number of carbonyl (C=O) groups excluding carboxylic acids is 1. The van der Waals surface area contributed by atoms with Gasteiger partial charge >= 0.3 is 0 Å². The third kappa shape index (κ3) is 7.85.